The van der Waals surface area contributed by atoms with Gasteiger partial charge in [-0.2, -0.15) is 9.97 Å². The molecule has 0 N–H and O–H groups in total. The molecule has 0 unspecified atom stereocenters. The maximum absolute atomic E-state index is 5.81. The van der Waals surface area contributed by atoms with Gasteiger partial charge in [-0.05, 0) is 20.8 Å². The molecule has 1 aromatic heterocycles. The molecule has 0 aliphatic carbocycles. The van der Waals surface area contributed by atoms with E-state index in [9.17, 15) is 0 Å². The van der Waals surface area contributed by atoms with Crippen LogP contribution in [0.5, 0.6) is 6.01 Å². The van der Waals surface area contributed by atoms with Gasteiger partial charge in [0.15, 0.2) is 0 Å². The summed E-state index contributed by atoms with van der Waals surface area (Å²) in [6.07, 6.45) is 0. The van der Waals surface area contributed by atoms with Crippen LogP contribution in [-0.4, -0.2) is 20.6 Å². The van der Waals surface area contributed by atoms with E-state index in [0.29, 0.717) is 6.01 Å². The molecule has 108 valence electrons. The monoisotopic (exact) mass is 265 g/mol. The second-order valence-electron chi connectivity index (χ2n) is 7.98. The van der Waals surface area contributed by atoms with Crippen LogP contribution in [0.2, 0.25) is 0 Å². The number of hydrogen-bond acceptors (Lipinski definition) is 4. The van der Waals surface area contributed by atoms with Gasteiger partial charge in [0, 0.05) is 10.8 Å². The fourth-order valence-electron chi connectivity index (χ4n) is 1.35. The van der Waals surface area contributed by atoms with Crippen LogP contribution in [0.3, 0.4) is 0 Å². The van der Waals surface area contributed by atoms with Crippen LogP contribution in [0.15, 0.2) is 0 Å². The first kappa shape index (κ1) is 15.9. The summed E-state index contributed by atoms with van der Waals surface area (Å²) in [7, 11) is 0. The molecule has 19 heavy (non-hydrogen) atoms. The smallest absolute Gasteiger partial charge is 0.320 e. The molecule has 0 aromatic carbocycles. The highest BCUT2D eigenvalue weighted by Crippen LogP contribution is 2.26. The van der Waals surface area contributed by atoms with Gasteiger partial charge >= 0.3 is 6.01 Å². The highest BCUT2D eigenvalue weighted by molar-refractivity contribution is 5.13. The predicted molar refractivity (Wildman–Crippen MR) is 77.6 cm³/mol. The molecule has 0 spiro atoms. The number of aromatic nitrogens is 3. The standard InChI is InChI=1S/C15H27N3O/c1-13(2,3)10-16-11(14(4,5)6)18-12(17-10)19-15(7,8)9/h1-9H3. The molecule has 0 aliphatic heterocycles. The fourth-order valence-corrected chi connectivity index (χ4v) is 1.35. The number of ether oxygens (including phenoxy) is 1. The summed E-state index contributed by atoms with van der Waals surface area (Å²) in [5, 5.41) is 0. The van der Waals surface area contributed by atoms with Gasteiger partial charge in [0.05, 0.1) is 0 Å². The summed E-state index contributed by atoms with van der Waals surface area (Å²) in [6, 6.07) is 0.414. The van der Waals surface area contributed by atoms with Crippen LogP contribution in [0, 0.1) is 0 Å². The van der Waals surface area contributed by atoms with Crippen molar-refractivity contribution in [3.63, 3.8) is 0 Å². The van der Waals surface area contributed by atoms with Gasteiger partial charge in [0.25, 0.3) is 0 Å². The third-order valence-corrected chi connectivity index (χ3v) is 2.35. The lowest BCUT2D eigenvalue weighted by Gasteiger charge is -2.25. The van der Waals surface area contributed by atoms with E-state index in [1.165, 1.54) is 0 Å². The first-order valence-electron chi connectivity index (χ1n) is 6.75. The average molecular weight is 265 g/mol. The van der Waals surface area contributed by atoms with Crippen molar-refractivity contribution in [3.8, 4) is 6.01 Å². The molecule has 0 radical (unpaired) electrons. The molecule has 0 aliphatic rings. The molecule has 1 heterocycles. The van der Waals surface area contributed by atoms with Gasteiger partial charge in [-0.3, -0.25) is 0 Å². The highest BCUT2D eigenvalue weighted by atomic mass is 16.5. The van der Waals surface area contributed by atoms with Gasteiger partial charge in [-0.25, -0.2) is 4.98 Å². The van der Waals surface area contributed by atoms with Crippen molar-refractivity contribution in [1.29, 1.82) is 0 Å². The molecule has 1 rings (SSSR count). The van der Waals surface area contributed by atoms with Crippen molar-refractivity contribution < 1.29 is 4.74 Å². The first-order valence-corrected chi connectivity index (χ1v) is 6.75. The van der Waals surface area contributed by atoms with E-state index in [4.69, 9.17) is 4.74 Å². The number of rotatable bonds is 1. The SMILES string of the molecule is CC(C)(C)Oc1nc(C(C)(C)C)nc(C(C)(C)C)n1. The topological polar surface area (TPSA) is 47.9 Å². The van der Waals surface area contributed by atoms with Crippen molar-refractivity contribution in [2.45, 2.75) is 78.7 Å². The Morgan fingerprint density at radius 1 is 0.632 bits per heavy atom. The minimum absolute atomic E-state index is 0.126. The van der Waals surface area contributed by atoms with E-state index in [0.717, 1.165) is 11.6 Å². The molecule has 4 nitrogen and oxygen atoms in total. The van der Waals surface area contributed by atoms with Crippen LogP contribution in [0.4, 0.5) is 0 Å². The summed E-state index contributed by atoms with van der Waals surface area (Å²) in [5.41, 5.74) is -0.566. The van der Waals surface area contributed by atoms with E-state index in [-0.39, 0.29) is 16.4 Å². The van der Waals surface area contributed by atoms with Crippen LogP contribution in [-0.2, 0) is 10.8 Å². The predicted octanol–water partition coefficient (Wildman–Crippen LogP) is 3.64. The van der Waals surface area contributed by atoms with Gasteiger partial charge in [0.2, 0.25) is 0 Å². The van der Waals surface area contributed by atoms with E-state index >= 15 is 0 Å². The Kier molecular flexibility index (Phi) is 3.95. The lowest BCUT2D eigenvalue weighted by Crippen LogP contribution is -2.28. The minimum Gasteiger partial charge on any atom is -0.458 e. The third kappa shape index (κ3) is 4.77. The summed E-state index contributed by atoms with van der Waals surface area (Å²) >= 11 is 0. The molecule has 0 saturated carbocycles. The van der Waals surface area contributed by atoms with Crippen LogP contribution in [0.1, 0.15) is 74.0 Å². The Morgan fingerprint density at radius 3 is 1.26 bits per heavy atom. The van der Waals surface area contributed by atoms with E-state index in [1.807, 2.05) is 20.8 Å². The average Bonchev–Trinajstić information content (AvgIpc) is 2.11. The summed E-state index contributed by atoms with van der Waals surface area (Å²) in [6.45, 7) is 18.5. The Bertz CT molecular complexity index is 416. The largest absolute Gasteiger partial charge is 0.458 e. The zero-order valence-electron chi connectivity index (χ0n) is 13.7. The van der Waals surface area contributed by atoms with Gasteiger partial charge in [-0.15, -0.1) is 0 Å². The number of hydrogen-bond donors (Lipinski definition) is 0. The first-order chi connectivity index (χ1) is 8.29. The lowest BCUT2D eigenvalue weighted by molar-refractivity contribution is 0.114. The van der Waals surface area contributed by atoms with Crippen LogP contribution in [0.25, 0.3) is 0 Å². The maximum Gasteiger partial charge on any atom is 0.320 e. The van der Waals surface area contributed by atoms with Gasteiger partial charge < -0.3 is 4.74 Å². The molecule has 0 bridgehead atoms. The summed E-state index contributed by atoms with van der Waals surface area (Å²) in [4.78, 5) is 13.5. The second kappa shape index (κ2) is 4.73. The molecule has 1 aromatic rings. The van der Waals surface area contributed by atoms with Crippen molar-refractivity contribution in [3.05, 3.63) is 11.6 Å². The van der Waals surface area contributed by atoms with Crippen molar-refractivity contribution in [1.82, 2.24) is 15.0 Å². The summed E-state index contributed by atoms with van der Waals surface area (Å²) < 4.78 is 5.81. The lowest BCUT2D eigenvalue weighted by atomic mass is 9.93. The van der Waals surface area contributed by atoms with Crippen molar-refractivity contribution in [2.24, 2.45) is 0 Å². The van der Waals surface area contributed by atoms with Crippen molar-refractivity contribution in [2.75, 3.05) is 0 Å². The number of nitrogens with zero attached hydrogens (tertiary/aromatic N) is 3. The van der Waals surface area contributed by atoms with Gasteiger partial charge in [0.1, 0.15) is 17.2 Å². The maximum atomic E-state index is 5.81. The summed E-state index contributed by atoms with van der Waals surface area (Å²) in [5.74, 6) is 1.54. The van der Waals surface area contributed by atoms with E-state index in [1.54, 1.807) is 0 Å². The highest BCUT2D eigenvalue weighted by Gasteiger charge is 2.26. The van der Waals surface area contributed by atoms with Gasteiger partial charge in [-0.1, -0.05) is 41.5 Å². The van der Waals surface area contributed by atoms with Crippen molar-refractivity contribution >= 4 is 0 Å². The minimum atomic E-state index is -0.314. The molecule has 0 saturated heterocycles. The Balaban J connectivity index is 3.33. The fraction of sp³-hybridized carbons (Fsp3) is 0.800. The molecular weight excluding hydrogens is 238 g/mol. The second-order valence-corrected chi connectivity index (χ2v) is 7.98. The van der Waals surface area contributed by atoms with Crippen LogP contribution < -0.4 is 4.74 Å². The molecule has 4 heteroatoms. The van der Waals surface area contributed by atoms with E-state index in [2.05, 4.69) is 56.5 Å². The molecule has 0 amide bonds. The Labute approximate surface area is 117 Å². The zero-order valence-corrected chi connectivity index (χ0v) is 13.7. The Morgan fingerprint density at radius 2 is 1.00 bits per heavy atom. The quantitative estimate of drug-likeness (QED) is 0.777. The normalized spacial score (nSPS) is 13.5. The zero-order chi connectivity index (χ0) is 15.1. The van der Waals surface area contributed by atoms with E-state index < -0.39 is 0 Å². The molecule has 0 atom stereocenters. The van der Waals surface area contributed by atoms with Crippen LogP contribution >= 0.6 is 0 Å². The third-order valence-electron chi connectivity index (χ3n) is 2.35. The Hall–Kier alpha value is -1.19. The molecular formula is C15H27N3O. The molecule has 0 fully saturated rings.